The number of hydrogen-bond donors (Lipinski definition) is 2. The number of rotatable bonds is 3. The molecule has 1 rings (SSSR count). The van der Waals surface area contributed by atoms with Gasteiger partial charge in [0.1, 0.15) is 11.0 Å². The monoisotopic (exact) mass is 198 g/mol. The van der Waals surface area contributed by atoms with E-state index in [-0.39, 0.29) is 5.75 Å². The SMILES string of the molecule is CC(Sc1ccc(O)cc1)C(=O)O. The van der Waals surface area contributed by atoms with Crippen molar-refractivity contribution >= 4 is 17.7 Å². The number of phenolic OH excluding ortho intramolecular Hbond substituents is 1. The first-order valence-electron chi connectivity index (χ1n) is 3.78. The maximum atomic E-state index is 10.5. The third-order valence-electron chi connectivity index (χ3n) is 1.50. The predicted octanol–water partition coefficient (Wildman–Crippen LogP) is 1.96. The summed E-state index contributed by atoms with van der Waals surface area (Å²) in [5, 5.41) is 17.1. The molecule has 0 aliphatic carbocycles. The van der Waals surface area contributed by atoms with Gasteiger partial charge in [-0.1, -0.05) is 0 Å². The lowest BCUT2D eigenvalue weighted by Crippen LogP contribution is -2.10. The third kappa shape index (κ3) is 2.99. The van der Waals surface area contributed by atoms with Gasteiger partial charge in [0, 0.05) is 4.90 Å². The first-order valence-corrected chi connectivity index (χ1v) is 4.66. The molecule has 0 fully saturated rings. The van der Waals surface area contributed by atoms with E-state index in [0.717, 1.165) is 4.90 Å². The third-order valence-corrected chi connectivity index (χ3v) is 2.60. The molecule has 0 aliphatic heterocycles. The summed E-state index contributed by atoms with van der Waals surface area (Å²) in [5.41, 5.74) is 0. The zero-order valence-corrected chi connectivity index (χ0v) is 7.91. The van der Waals surface area contributed by atoms with Crippen LogP contribution < -0.4 is 0 Å². The Hall–Kier alpha value is -1.16. The van der Waals surface area contributed by atoms with Gasteiger partial charge < -0.3 is 10.2 Å². The van der Waals surface area contributed by atoms with Crippen molar-refractivity contribution in [2.75, 3.05) is 0 Å². The van der Waals surface area contributed by atoms with Gasteiger partial charge in [-0.25, -0.2) is 0 Å². The van der Waals surface area contributed by atoms with E-state index in [9.17, 15) is 4.79 Å². The summed E-state index contributed by atoms with van der Waals surface area (Å²) in [5.74, 6) is -0.648. The van der Waals surface area contributed by atoms with Crippen LogP contribution in [0.1, 0.15) is 6.92 Å². The number of aliphatic carboxylic acids is 1. The Bertz CT molecular complexity index is 294. The van der Waals surface area contributed by atoms with E-state index in [4.69, 9.17) is 10.2 Å². The number of benzene rings is 1. The lowest BCUT2D eigenvalue weighted by atomic mass is 10.3. The molecule has 0 aliphatic rings. The van der Waals surface area contributed by atoms with Crippen LogP contribution in [0, 0.1) is 0 Å². The van der Waals surface area contributed by atoms with E-state index in [1.807, 2.05) is 0 Å². The molecule has 3 nitrogen and oxygen atoms in total. The first kappa shape index (κ1) is 9.92. The fourth-order valence-corrected chi connectivity index (χ4v) is 1.58. The summed E-state index contributed by atoms with van der Waals surface area (Å²) in [6.45, 7) is 1.62. The summed E-state index contributed by atoms with van der Waals surface area (Å²) < 4.78 is 0. The van der Waals surface area contributed by atoms with Gasteiger partial charge in [-0.05, 0) is 31.2 Å². The maximum Gasteiger partial charge on any atom is 0.316 e. The summed E-state index contributed by atoms with van der Waals surface area (Å²) in [6, 6.07) is 6.46. The van der Waals surface area contributed by atoms with Crippen LogP contribution in [0.25, 0.3) is 0 Å². The van der Waals surface area contributed by atoms with Crippen LogP contribution in [0.15, 0.2) is 29.2 Å². The molecule has 1 aromatic rings. The number of carboxylic acids is 1. The first-order chi connectivity index (χ1) is 6.09. The average Bonchev–Trinajstić information content (AvgIpc) is 2.08. The zero-order chi connectivity index (χ0) is 9.84. The lowest BCUT2D eigenvalue weighted by Gasteiger charge is -2.05. The second-order valence-electron chi connectivity index (χ2n) is 2.59. The lowest BCUT2D eigenvalue weighted by molar-refractivity contribution is -0.136. The summed E-state index contributed by atoms with van der Waals surface area (Å²) in [4.78, 5) is 11.3. The van der Waals surface area contributed by atoms with Crippen LogP contribution in [0.4, 0.5) is 0 Å². The molecule has 1 aromatic carbocycles. The number of phenols is 1. The predicted molar refractivity (Wildman–Crippen MR) is 51.1 cm³/mol. The Labute approximate surface area is 80.4 Å². The molecule has 0 saturated heterocycles. The second kappa shape index (κ2) is 4.18. The average molecular weight is 198 g/mol. The van der Waals surface area contributed by atoms with Crippen molar-refractivity contribution in [2.24, 2.45) is 0 Å². The molecule has 0 radical (unpaired) electrons. The van der Waals surface area contributed by atoms with Crippen molar-refractivity contribution in [1.82, 2.24) is 0 Å². The molecule has 2 N–H and O–H groups in total. The van der Waals surface area contributed by atoms with Crippen LogP contribution in [0.3, 0.4) is 0 Å². The van der Waals surface area contributed by atoms with Gasteiger partial charge in [0.05, 0.1) is 0 Å². The normalized spacial score (nSPS) is 12.4. The summed E-state index contributed by atoms with van der Waals surface area (Å²) >= 11 is 1.25. The molecule has 0 saturated carbocycles. The summed E-state index contributed by atoms with van der Waals surface area (Å²) in [6.07, 6.45) is 0. The van der Waals surface area contributed by atoms with Gasteiger partial charge >= 0.3 is 5.97 Å². The fraction of sp³-hybridized carbons (Fsp3) is 0.222. The maximum absolute atomic E-state index is 10.5. The van der Waals surface area contributed by atoms with Gasteiger partial charge in [0.25, 0.3) is 0 Å². The number of aromatic hydroxyl groups is 1. The van der Waals surface area contributed by atoms with E-state index >= 15 is 0 Å². The van der Waals surface area contributed by atoms with Crippen molar-refractivity contribution in [1.29, 1.82) is 0 Å². The number of thioether (sulfide) groups is 1. The van der Waals surface area contributed by atoms with Crippen molar-refractivity contribution in [3.05, 3.63) is 24.3 Å². The van der Waals surface area contributed by atoms with Crippen LogP contribution >= 0.6 is 11.8 Å². The van der Waals surface area contributed by atoms with Crippen molar-refractivity contribution in [2.45, 2.75) is 17.1 Å². The van der Waals surface area contributed by atoms with E-state index in [0.29, 0.717) is 0 Å². The van der Waals surface area contributed by atoms with Crippen LogP contribution in [-0.2, 0) is 4.79 Å². The molecule has 0 spiro atoms. The fourth-order valence-electron chi connectivity index (χ4n) is 0.779. The highest BCUT2D eigenvalue weighted by molar-refractivity contribution is 8.00. The molecule has 0 bridgehead atoms. The molecule has 0 aromatic heterocycles. The Morgan fingerprint density at radius 2 is 1.92 bits per heavy atom. The van der Waals surface area contributed by atoms with Crippen LogP contribution in [0.2, 0.25) is 0 Å². The summed E-state index contributed by atoms with van der Waals surface area (Å²) in [7, 11) is 0. The van der Waals surface area contributed by atoms with E-state index < -0.39 is 11.2 Å². The van der Waals surface area contributed by atoms with Crippen molar-refractivity contribution < 1.29 is 15.0 Å². The standard InChI is InChI=1S/C9H10O3S/c1-6(9(11)12)13-8-4-2-7(10)3-5-8/h2-6,10H,1H3,(H,11,12). The largest absolute Gasteiger partial charge is 0.508 e. The number of hydrogen-bond acceptors (Lipinski definition) is 3. The van der Waals surface area contributed by atoms with Crippen molar-refractivity contribution in [3.8, 4) is 5.75 Å². The highest BCUT2D eigenvalue weighted by Gasteiger charge is 2.11. The Morgan fingerprint density at radius 1 is 1.38 bits per heavy atom. The minimum atomic E-state index is -0.835. The van der Waals surface area contributed by atoms with Gasteiger partial charge in [0.15, 0.2) is 0 Å². The molecule has 1 atom stereocenters. The van der Waals surface area contributed by atoms with Gasteiger partial charge in [-0.15, -0.1) is 11.8 Å². The Morgan fingerprint density at radius 3 is 2.38 bits per heavy atom. The number of carboxylic acid groups (broad SMARTS) is 1. The van der Waals surface area contributed by atoms with E-state index in [1.54, 1.807) is 19.1 Å². The molecule has 0 amide bonds. The van der Waals surface area contributed by atoms with E-state index in [2.05, 4.69) is 0 Å². The molecule has 1 unspecified atom stereocenters. The van der Waals surface area contributed by atoms with Gasteiger partial charge in [-0.3, -0.25) is 4.79 Å². The molecule has 4 heteroatoms. The molecule has 0 heterocycles. The Balaban J connectivity index is 2.64. The van der Waals surface area contributed by atoms with E-state index in [1.165, 1.54) is 23.9 Å². The second-order valence-corrected chi connectivity index (χ2v) is 4.01. The van der Waals surface area contributed by atoms with Crippen LogP contribution in [-0.4, -0.2) is 21.4 Å². The molecular formula is C9H10O3S. The van der Waals surface area contributed by atoms with Gasteiger partial charge in [-0.2, -0.15) is 0 Å². The molecule has 13 heavy (non-hydrogen) atoms. The minimum Gasteiger partial charge on any atom is -0.508 e. The quantitative estimate of drug-likeness (QED) is 0.729. The number of carbonyl (C=O) groups is 1. The topological polar surface area (TPSA) is 57.5 Å². The molecular weight excluding hydrogens is 188 g/mol. The van der Waals surface area contributed by atoms with Gasteiger partial charge in [0.2, 0.25) is 0 Å². The zero-order valence-electron chi connectivity index (χ0n) is 7.10. The van der Waals surface area contributed by atoms with Crippen LogP contribution in [0.5, 0.6) is 5.75 Å². The van der Waals surface area contributed by atoms with Crippen molar-refractivity contribution in [3.63, 3.8) is 0 Å². The highest BCUT2D eigenvalue weighted by atomic mass is 32.2. The highest BCUT2D eigenvalue weighted by Crippen LogP contribution is 2.24. The Kier molecular flexibility index (Phi) is 3.19. The smallest absolute Gasteiger partial charge is 0.316 e. The molecule has 70 valence electrons. The minimum absolute atomic E-state index is 0.187.